The highest BCUT2D eigenvalue weighted by Crippen LogP contribution is 2.34. The molecule has 2 aliphatic rings. The number of anilines is 1. The molecule has 3 rings (SSSR count). The number of nitrogens with zero attached hydrogens (tertiary/aromatic N) is 2. The van der Waals surface area contributed by atoms with Crippen molar-refractivity contribution in [1.82, 2.24) is 10.2 Å². The molecule has 0 bridgehead atoms. The first kappa shape index (κ1) is 19.7. The molecule has 2 amide bonds. The van der Waals surface area contributed by atoms with Crippen LogP contribution in [0.15, 0.2) is 18.2 Å². The van der Waals surface area contributed by atoms with E-state index < -0.39 is 0 Å². The molecule has 2 fully saturated rings. The van der Waals surface area contributed by atoms with E-state index in [9.17, 15) is 9.59 Å². The average molecular weight is 373 g/mol. The van der Waals surface area contributed by atoms with Crippen LogP contribution in [0, 0.1) is 12.8 Å². The van der Waals surface area contributed by atoms with Crippen LogP contribution in [-0.4, -0.2) is 56.0 Å². The number of ether oxygens (including phenoxy) is 1. The van der Waals surface area contributed by atoms with Crippen LogP contribution in [0.4, 0.5) is 5.69 Å². The number of piperidine rings is 1. The fraction of sp³-hybridized carbons (Fsp3) is 0.619. The summed E-state index contributed by atoms with van der Waals surface area (Å²) in [5.74, 6) is 0.359. The van der Waals surface area contributed by atoms with Gasteiger partial charge in [-0.15, -0.1) is 0 Å². The van der Waals surface area contributed by atoms with E-state index >= 15 is 0 Å². The molecule has 2 saturated heterocycles. The van der Waals surface area contributed by atoms with Crippen molar-refractivity contribution < 1.29 is 14.3 Å². The summed E-state index contributed by atoms with van der Waals surface area (Å²) in [6, 6.07) is 6.00. The Morgan fingerprint density at radius 3 is 2.70 bits per heavy atom. The number of hydrogen-bond donors (Lipinski definition) is 1. The number of hydrogen-bond acceptors (Lipinski definition) is 4. The van der Waals surface area contributed by atoms with Crippen molar-refractivity contribution in [1.29, 1.82) is 0 Å². The van der Waals surface area contributed by atoms with Crippen molar-refractivity contribution in [3.05, 3.63) is 23.8 Å². The first-order valence-corrected chi connectivity index (χ1v) is 9.99. The molecular formula is C21H31N3O3. The zero-order chi connectivity index (χ0) is 19.4. The molecule has 2 aliphatic heterocycles. The molecule has 1 aromatic carbocycles. The molecule has 1 atom stereocenters. The predicted molar refractivity (Wildman–Crippen MR) is 106 cm³/mol. The summed E-state index contributed by atoms with van der Waals surface area (Å²) in [4.78, 5) is 29.4. The maximum Gasteiger partial charge on any atom is 0.227 e. The molecule has 0 aromatic heterocycles. The quantitative estimate of drug-likeness (QED) is 0.831. The van der Waals surface area contributed by atoms with Gasteiger partial charge in [0, 0.05) is 32.1 Å². The molecule has 1 N–H and O–H groups in total. The van der Waals surface area contributed by atoms with Crippen LogP contribution in [0.2, 0.25) is 0 Å². The third-order valence-corrected chi connectivity index (χ3v) is 5.59. The molecule has 0 saturated carbocycles. The van der Waals surface area contributed by atoms with Crippen molar-refractivity contribution in [2.45, 2.75) is 45.6 Å². The second kappa shape index (κ2) is 8.74. The van der Waals surface area contributed by atoms with Gasteiger partial charge in [0.25, 0.3) is 0 Å². The third kappa shape index (κ3) is 4.61. The zero-order valence-electron chi connectivity index (χ0n) is 16.7. The van der Waals surface area contributed by atoms with Gasteiger partial charge in [0.2, 0.25) is 11.8 Å². The highest BCUT2D eigenvalue weighted by Gasteiger charge is 2.37. The van der Waals surface area contributed by atoms with Crippen LogP contribution in [0.5, 0.6) is 5.75 Å². The zero-order valence-corrected chi connectivity index (χ0v) is 16.7. The lowest BCUT2D eigenvalue weighted by molar-refractivity contribution is -0.127. The molecule has 0 spiro atoms. The first-order chi connectivity index (χ1) is 13.0. The average Bonchev–Trinajstić information content (AvgIpc) is 3.05. The maximum atomic E-state index is 12.7. The number of aryl methyl sites for hydroxylation is 1. The van der Waals surface area contributed by atoms with Crippen LogP contribution < -0.4 is 15.0 Å². The second-order valence-corrected chi connectivity index (χ2v) is 7.71. The van der Waals surface area contributed by atoms with Crippen LogP contribution in [-0.2, 0) is 9.59 Å². The molecule has 27 heavy (non-hydrogen) atoms. The number of likely N-dealkylation sites (tertiary alicyclic amines) is 1. The number of methoxy groups -OCH3 is 1. The van der Waals surface area contributed by atoms with Crippen LogP contribution >= 0.6 is 0 Å². The van der Waals surface area contributed by atoms with E-state index in [-0.39, 0.29) is 30.2 Å². The van der Waals surface area contributed by atoms with E-state index in [1.165, 1.54) is 6.42 Å². The Hall–Kier alpha value is -2.08. The van der Waals surface area contributed by atoms with E-state index in [1.807, 2.05) is 25.1 Å². The lowest BCUT2D eigenvalue weighted by atomic mass is 10.0. The van der Waals surface area contributed by atoms with Crippen molar-refractivity contribution in [3.63, 3.8) is 0 Å². The summed E-state index contributed by atoms with van der Waals surface area (Å²) in [5, 5.41) is 3.18. The Kier molecular flexibility index (Phi) is 6.37. The highest BCUT2D eigenvalue weighted by molar-refractivity contribution is 6.01. The van der Waals surface area contributed by atoms with Crippen LogP contribution in [0.3, 0.4) is 0 Å². The number of carbonyl (C=O) groups excluding carboxylic acids is 2. The van der Waals surface area contributed by atoms with Gasteiger partial charge in [-0.2, -0.15) is 0 Å². The number of benzene rings is 1. The standard InChI is InChI=1S/C21H31N3O3/c1-4-9-23-10-7-17(8-11-23)22-21(26)16-13-20(25)24(14-16)18-12-15(2)5-6-19(18)27-3/h5-6,12,16-17H,4,7-11,13-14H2,1-3H3,(H,22,26). The molecule has 1 unspecified atom stereocenters. The molecule has 6 nitrogen and oxygen atoms in total. The number of carbonyl (C=O) groups is 2. The second-order valence-electron chi connectivity index (χ2n) is 7.71. The minimum atomic E-state index is -0.295. The van der Waals surface area contributed by atoms with Crippen LogP contribution in [0.1, 0.15) is 38.2 Å². The molecule has 6 heteroatoms. The van der Waals surface area contributed by atoms with Crippen molar-refractivity contribution in [2.75, 3.05) is 38.2 Å². The molecule has 0 aliphatic carbocycles. The minimum Gasteiger partial charge on any atom is -0.495 e. The predicted octanol–water partition coefficient (Wildman–Crippen LogP) is 2.35. The monoisotopic (exact) mass is 373 g/mol. The molecule has 148 valence electrons. The maximum absolute atomic E-state index is 12.7. The Bertz CT molecular complexity index is 683. The van der Waals surface area contributed by atoms with E-state index in [1.54, 1.807) is 12.0 Å². The summed E-state index contributed by atoms with van der Waals surface area (Å²) < 4.78 is 5.41. The van der Waals surface area contributed by atoms with Gasteiger partial charge in [-0.3, -0.25) is 9.59 Å². The SMILES string of the molecule is CCCN1CCC(NC(=O)C2CC(=O)N(c3cc(C)ccc3OC)C2)CC1. The summed E-state index contributed by atoms with van der Waals surface area (Å²) >= 11 is 0. The van der Waals surface area contributed by atoms with Gasteiger partial charge in [-0.1, -0.05) is 13.0 Å². The van der Waals surface area contributed by atoms with Crippen molar-refractivity contribution in [3.8, 4) is 5.75 Å². The van der Waals surface area contributed by atoms with Crippen molar-refractivity contribution >= 4 is 17.5 Å². The number of rotatable bonds is 6. The van der Waals surface area contributed by atoms with E-state index in [4.69, 9.17) is 4.74 Å². The van der Waals surface area contributed by atoms with Crippen molar-refractivity contribution in [2.24, 2.45) is 5.92 Å². The Morgan fingerprint density at radius 2 is 2.04 bits per heavy atom. The molecule has 0 radical (unpaired) electrons. The van der Waals surface area contributed by atoms with Gasteiger partial charge in [-0.05, 0) is 50.4 Å². The van der Waals surface area contributed by atoms with Gasteiger partial charge in [-0.25, -0.2) is 0 Å². The van der Waals surface area contributed by atoms with Crippen LogP contribution in [0.25, 0.3) is 0 Å². The summed E-state index contributed by atoms with van der Waals surface area (Å²) in [5.41, 5.74) is 1.82. The van der Waals surface area contributed by atoms with E-state index in [0.29, 0.717) is 12.3 Å². The summed E-state index contributed by atoms with van der Waals surface area (Å²) in [6.07, 6.45) is 3.40. The normalized spacial score (nSPS) is 21.5. The van der Waals surface area contributed by atoms with Gasteiger partial charge in [0.15, 0.2) is 0 Å². The van der Waals surface area contributed by atoms with Gasteiger partial charge in [0.05, 0.1) is 18.7 Å². The molecular weight excluding hydrogens is 342 g/mol. The lowest BCUT2D eigenvalue weighted by Gasteiger charge is -2.32. The molecule has 2 heterocycles. The fourth-order valence-electron chi connectivity index (χ4n) is 4.06. The minimum absolute atomic E-state index is 0.00594. The largest absolute Gasteiger partial charge is 0.495 e. The molecule has 1 aromatic rings. The summed E-state index contributed by atoms with van der Waals surface area (Å²) in [7, 11) is 1.60. The first-order valence-electron chi connectivity index (χ1n) is 9.99. The smallest absolute Gasteiger partial charge is 0.227 e. The topological polar surface area (TPSA) is 61.9 Å². The lowest BCUT2D eigenvalue weighted by Crippen LogP contribution is -2.46. The Labute approximate surface area is 161 Å². The van der Waals surface area contributed by atoms with Gasteiger partial charge >= 0.3 is 0 Å². The third-order valence-electron chi connectivity index (χ3n) is 5.59. The number of amides is 2. The van der Waals surface area contributed by atoms with Gasteiger partial charge < -0.3 is 19.9 Å². The van der Waals surface area contributed by atoms with E-state index in [2.05, 4.69) is 17.1 Å². The number of nitrogens with one attached hydrogen (secondary N) is 1. The van der Waals surface area contributed by atoms with E-state index in [0.717, 1.165) is 43.7 Å². The summed E-state index contributed by atoms with van der Waals surface area (Å²) in [6.45, 7) is 7.80. The van der Waals surface area contributed by atoms with Gasteiger partial charge in [0.1, 0.15) is 5.75 Å². The Balaban J connectivity index is 1.59. The fourth-order valence-corrected chi connectivity index (χ4v) is 4.06. The highest BCUT2D eigenvalue weighted by atomic mass is 16.5. The Morgan fingerprint density at radius 1 is 1.30 bits per heavy atom.